The lowest BCUT2D eigenvalue weighted by Gasteiger charge is -2.31. The summed E-state index contributed by atoms with van der Waals surface area (Å²) < 4.78 is 5.82. The number of aliphatic hydroxyl groups is 2. The third-order valence-electron chi connectivity index (χ3n) is 5.52. The third kappa shape index (κ3) is 25.9. The van der Waals surface area contributed by atoms with E-state index in [2.05, 4.69) is 19.1 Å². The second kappa shape index (κ2) is 25.3. The zero-order valence-electron chi connectivity index (χ0n) is 20.9. The van der Waals surface area contributed by atoms with Crippen LogP contribution in [0.1, 0.15) is 96.8 Å². The van der Waals surface area contributed by atoms with Crippen LogP contribution in [-0.2, 0) is 9.53 Å². The van der Waals surface area contributed by atoms with Gasteiger partial charge in [-0.15, -0.1) is 12.4 Å². The van der Waals surface area contributed by atoms with Crippen molar-refractivity contribution in [1.82, 2.24) is 0 Å². The summed E-state index contributed by atoms with van der Waals surface area (Å²) in [5.41, 5.74) is 0. The molecule has 0 aliphatic carbocycles. The van der Waals surface area contributed by atoms with Crippen molar-refractivity contribution < 1.29 is 36.6 Å². The Morgan fingerprint density at radius 2 is 1.41 bits per heavy atom. The first-order chi connectivity index (χ1) is 14.4. The lowest BCUT2D eigenvalue weighted by Crippen LogP contribution is -3.00. The van der Waals surface area contributed by atoms with Crippen LogP contribution in [0, 0.1) is 0 Å². The highest BCUT2D eigenvalue weighted by Gasteiger charge is 2.20. The van der Waals surface area contributed by atoms with Gasteiger partial charge in [0, 0.05) is 6.42 Å². The summed E-state index contributed by atoms with van der Waals surface area (Å²) in [7, 11) is 3.91. The Hall–Kier alpha value is -0.330. The van der Waals surface area contributed by atoms with Crippen molar-refractivity contribution in [1.29, 1.82) is 0 Å². The number of aliphatic hydroxyl groups excluding tert-OH is 2. The van der Waals surface area contributed by atoms with Gasteiger partial charge < -0.3 is 31.8 Å². The molecular formula is C25H51Cl2NO4. The first-order valence-corrected chi connectivity index (χ1v) is 12.3. The van der Waals surface area contributed by atoms with Gasteiger partial charge in [0.25, 0.3) is 0 Å². The summed E-state index contributed by atoms with van der Waals surface area (Å²) in [5.74, 6) is -0.129. The lowest BCUT2D eigenvalue weighted by molar-refractivity contribution is -0.893. The molecule has 2 N–H and O–H groups in total. The van der Waals surface area contributed by atoms with Crippen LogP contribution in [0.15, 0.2) is 12.2 Å². The number of likely N-dealkylation sites (N-methyl/N-ethyl adjacent to an activating group) is 1. The molecule has 0 aromatic rings. The number of rotatable bonds is 21. The molecule has 0 radical (unpaired) electrons. The van der Waals surface area contributed by atoms with Crippen LogP contribution < -0.4 is 12.4 Å². The summed E-state index contributed by atoms with van der Waals surface area (Å²) in [6.07, 6.45) is 20.7. The van der Waals surface area contributed by atoms with Crippen molar-refractivity contribution in [3.63, 3.8) is 0 Å². The van der Waals surface area contributed by atoms with Crippen LogP contribution in [0.5, 0.6) is 0 Å². The van der Waals surface area contributed by atoms with E-state index in [0.717, 1.165) is 12.8 Å². The smallest absolute Gasteiger partial charge is 0.305 e. The van der Waals surface area contributed by atoms with E-state index in [0.29, 0.717) is 30.6 Å². The normalized spacial score (nSPS) is 12.3. The maximum Gasteiger partial charge on any atom is 0.305 e. The van der Waals surface area contributed by atoms with Gasteiger partial charge in [0.15, 0.2) is 0 Å². The van der Waals surface area contributed by atoms with Crippen LogP contribution >= 0.6 is 12.4 Å². The molecule has 32 heavy (non-hydrogen) atoms. The van der Waals surface area contributed by atoms with Crippen LogP contribution in [0.4, 0.5) is 0 Å². The molecule has 5 nitrogen and oxygen atoms in total. The van der Waals surface area contributed by atoms with E-state index in [1.165, 1.54) is 70.6 Å². The Morgan fingerprint density at radius 1 is 0.906 bits per heavy atom. The van der Waals surface area contributed by atoms with E-state index >= 15 is 0 Å². The highest BCUT2D eigenvalue weighted by molar-refractivity contribution is 5.85. The van der Waals surface area contributed by atoms with Crippen molar-refractivity contribution in [3.8, 4) is 0 Å². The van der Waals surface area contributed by atoms with Crippen molar-refractivity contribution >= 4 is 18.4 Å². The molecule has 0 amide bonds. The molecule has 0 aliphatic rings. The number of allylic oxidation sites excluding steroid dienone is 2. The van der Waals surface area contributed by atoms with Crippen LogP contribution in [0.25, 0.3) is 0 Å². The van der Waals surface area contributed by atoms with Crippen molar-refractivity contribution in [2.24, 2.45) is 0 Å². The van der Waals surface area contributed by atoms with Gasteiger partial charge in [0.05, 0.1) is 20.7 Å². The predicted molar refractivity (Wildman–Crippen MR) is 133 cm³/mol. The zero-order chi connectivity index (χ0) is 22.5. The fraction of sp³-hybridized carbons (Fsp3) is 0.880. The number of halogens is 2. The molecule has 0 heterocycles. The standard InChI is InChI=1S/C25H50NO4.2ClH/c1-4-5-6-7-8-9-10-11-12-13-14-15-16-17-18-19-25(29)30-21-20-26(2,3)22-24(28)23-27;;/h11-12,24,27-28H,4-10,13-23H2,1-3H3;2*1H/q+1;;/p-1/b12-11-;;. The van der Waals surface area contributed by atoms with E-state index in [4.69, 9.17) is 9.84 Å². The van der Waals surface area contributed by atoms with Gasteiger partial charge in [-0.2, -0.15) is 0 Å². The molecule has 0 spiro atoms. The van der Waals surface area contributed by atoms with Gasteiger partial charge >= 0.3 is 5.97 Å². The molecule has 0 aromatic carbocycles. The average molecular weight is 501 g/mol. The summed E-state index contributed by atoms with van der Waals surface area (Å²) in [4.78, 5) is 11.8. The second-order valence-electron chi connectivity index (χ2n) is 9.23. The number of hydrogen-bond donors (Lipinski definition) is 2. The van der Waals surface area contributed by atoms with Gasteiger partial charge in [-0.3, -0.25) is 4.79 Å². The topological polar surface area (TPSA) is 66.8 Å². The molecule has 0 bridgehead atoms. The first-order valence-electron chi connectivity index (χ1n) is 12.3. The lowest BCUT2D eigenvalue weighted by atomic mass is 10.1. The molecule has 194 valence electrons. The molecule has 0 aromatic heterocycles. The molecule has 1 atom stereocenters. The number of ether oxygens (including phenoxy) is 1. The number of quaternary nitrogens is 1. The molecule has 1 unspecified atom stereocenters. The third-order valence-corrected chi connectivity index (χ3v) is 5.52. The molecule has 7 heteroatoms. The number of hydrogen-bond acceptors (Lipinski definition) is 4. The number of esters is 1. The van der Waals surface area contributed by atoms with Crippen molar-refractivity contribution in [2.45, 2.75) is 103 Å². The van der Waals surface area contributed by atoms with Gasteiger partial charge in [-0.25, -0.2) is 0 Å². The Labute approximate surface area is 210 Å². The first kappa shape index (κ1) is 36.2. The zero-order valence-corrected chi connectivity index (χ0v) is 22.5. The minimum absolute atomic E-state index is 0. The highest BCUT2D eigenvalue weighted by Crippen LogP contribution is 2.10. The Balaban J connectivity index is -0.00000420. The van der Waals surface area contributed by atoms with E-state index in [1.807, 2.05) is 14.1 Å². The molecule has 0 aliphatic heterocycles. The largest absolute Gasteiger partial charge is 1.00 e. The highest BCUT2D eigenvalue weighted by atomic mass is 35.5. The fourth-order valence-corrected chi connectivity index (χ4v) is 3.54. The Morgan fingerprint density at radius 3 is 1.94 bits per heavy atom. The summed E-state index contributed by atoms with van der Waals surface area (Å²) in [5, 5.41) is 18.5. The quantitative estimate of drug-likeness (QED) is 0.110. The van der Waals surface area contributed by atoms with E-state index in [-0.39, 0.29) is 37.4 Å². The summed E-state index contributed by atoms with van der Waals surface area (Å²) >= 11 is 0. The fourth-order valence-electron chi connectivity index (χ4n) is 3.54. The minimum Gasteiger partial charge on any atom is -1.00 e. The molecular weight excluding hydrogens is 449 g/mol. The summed E-state index contributed by atoms with van der Waals surface area (Å²) in [6.45, 7) is 3.46. The van der Waals surface area contributed by atoms with E-state index in [9.17, 15) is 9.90 Å². The maximum absolute atomic E-state index is 11.8. The Bertz CT molecular complexity index is 434. The predicted octanol–water partition coefficient (Wildman–Crippen LogP) is 2.42. The Kier molecular flexibility index (Phi) is 28.6. The molecule has 0 rings (SSSR count). The van der Waals surface area contributed by atoms with Crippen molar-refractivity contribution in [3.05, 3.63) is 12.2 Å². The maximum atomic E-state index is 11.8. The number of nitrogens with zero attached hydrogens (tertiary/aromatic N) is 1. The minimum atomic E-state index is -0.730. The van der Waals surface area contributed by atoms with Gasteiger partial charge in [0.1, 0.15) is 25.8 Å². The van der Waals surface area contributed by atoms with Crippen LogP contribution in [0.2, 0.25) is 0 Å². The molecule has 0 saturated carbocycles. The molecule has 0 saturated heterocycles. The van der Waals surface area contributed by atoms with Crippen molar-refractivity contribution in [2.75, 3.05) is 40.4 Å². The van der Waals surface area contributed by atoms with Crippen LogP contribution in [0.3, 0.4) is 0 Å². The van der Waals surface area contributed by atoms with Gasteiger partial charge in [-0.1, -0.05) is 70.4 Å². The number of unbranched alkanes of at least 4 members (excludes halogenated alkanes) is 11. The number of carbonyl (C=O) groups is 1. The average Bonchev–Trinajstić information content (AvgIpc) is 2.70. The number of carbonyl (C=O) groups excluding carboxylic acids is 1. The second-order valence-corrected chi connectivity index (χ2v) is 9.23. The van der Waals surface area contributed by atoms with E-state index in [1.54, 1.807) is 0 Å². The van der Waals surface area contributed by atoms with Crippen LogP contribution in [-0.4, -0.2) is 67.2 Å². The van der Waals surface area contributed by atoms with E-state index < -0.39 is 6.10 Å². The summed E-state index contributed by atoms with van der Waals surface area (Å²) in [6, 6.07) is 0. The van der Waals surface area contributed by atoms with Gasteiger partial charge in [-0.05, 0) is 32.1 Å². The van der Waals surface area contributed by atoms with Gasteiger partial charge in [0.2, 0.25) is 0 Å². The SMILES string of the molecule is CCCCCCCC/C=C\CCCCCCCC(=O)OCC[N+](C)(C)CC(O)CO.Cl.[Cl-]. The monoisotopic (exact) mass is 499 g/mol. The molecule has 0 fully saturated rings.